The molecular weight excluding hydrogens is 258 g/mol. The van der Waals surface area contributed by atoms with Gasteiger partial charge in [-0.2, -0.15) is 0 Å². The first-order valence-electron chi connectivity index (χ1n) is 6.96. The molecule has 0 spiro atoms. The van der Waals surface area contributed by atoms with Crippen molar-refractivity contribution in [2.75, 3.05) is 0 Å². The van der Waals surface area contributed by atoms with Crippen LogP contribution >= 0.6 is 0 Å². The van der Waals surface area contributed by atoms with Gasteiger partial charge in [0.1, 0.15) is 0 Å². The molecule has 0 aliphatic carbocycles. The van der Waals surface area contributed by atoms with Gasteiger partial charge in [-0.05, 0) is 47.0 Å². The van der Waals surface area contributed by atoms with Crippen LogP contribution in [0.4, 0.5) is 0 Å². The normalized spacial score (nSPS) is 11.1. The van der Waals surface area contributed by atoms with Gasteiger partial charge in [0.05, 0.1) is 6.61 Å². The molecule has 0 bridgehead atoms. The van der Waals surface area contributed by atoms with Crippen LogP contribution in [-0.2, 0) is 6.61 Å². The smallest absolute Gasteiger partial charge is 0.0682 e. The molecule has 104 valence electrons. The summed E-state index contributed by atoms with van der Waals surface area (Å²) in [5, 5.41) is 9.16. The molecule has 0 unspecified atom stereocenters. The second-order valence-corrected chi connectivity index (χ2v) is 4.92. The quantitative estimate of drug-likeness (QED) is 0.711. The van der Waals surface area contributed by atoms with Gasteiger partial charge in [0, 0.05) is 18.1 Å². The Morgan fingerprint density at radius 3 is 2.19 bits per heavy atom. The predicted octanol–water partition coefficient (Wildman–Crippen LogP) is 4.14. The summed E-state index contributed by atoms with van der Waals surface area (Å²) >= 11 is 0. The van der Waals surface area contributed by atoms with Crippen molar-refractivity contribution in [2.45, 2.75) is 6.61 Å². The zero-order valence-electron chi connectivity index (χ0n) is 11.7. The molecule has 1 N–H and O–H groups in total. The number of aliphatic hydroxyl groups is 1. The van der Waals surface area contributed by atoms with Gasteiger partial charge in [-0.25, -0.2) is 0 Å². The average molecular weight is 275 g/mol. The van der Waals surface area contributed by atoms with E-state index < -0.39 is 0 Å². The van der Waals surface area contributed by atoms with Gasteiger partial charge in [-0.15, -0.1) is 0 Å². The van der Waals surface area contributed by atoms with E-state index in [-0.39, 0.29) is 6.61 Å². The van der Waals surface area contributed by atoms with E-state index in [1.807, 2.05) is 48.8 Å². The van der Waals surface area contributed by atoms with Crippen LogP contribution in [0.25, 0.3) is 17.8 Å². The second-order valence-electron chi connectivity index (χ2n) is 4.92. The van der Waals surface area contributed by atoms with Crippen molar-refractivity contribution in [1.82, 2.24) is 4.57 Å². The molecule has 0 radical (unpaired) electrons. The molecule has 0 fully saturated rings. The fraction of sp³-hybridized carbons (Fsp3) is 0.0526. The molecule has 1 heterocycles. The number of aliphatic hydroxyl groups excluding tert-OH is 1. The van der Waals surface area contributed by atoms with Crippen LogP contribution in [0, 0.1) is 0 Å². The fourth-order valence-corrected chi connectivity index (χ4v) is 2.28. The lowest BCUT2D eigenvalue weighted by atomic mass is 10.1. The van der Waals surface area contributed by atoms with E-state index >= 15 is 0 Å². The Kier molecular flexibility index (Phi) is 3.99. The Balaban J connectivity index is 1.84. The van der Waals surface area contributed by atoms with Crippen LogP contribution in [0.2, 0.25) is 0 Å². The van der Waals surface area contributed by atoms with Gasteiger partial charge in [-0.1, -0.05) is 42.5 Å². The van der Waals surface area contributed by atoms with E-state index in [0.717, 1.165) is 22.4 Å². The number of nitrogens with zero attached hydrogens (tertiary/aromatic N) is 1. The van der Waals surface area contributed by atoms with Crippen molar-refractivity contribution in [2.24, 2.45) is 0 Å². The molecule has 0 saturated heterocycles. The summed E-state index contributed by atoms with van der Waals surface area (Å²) in [7, 11) is 0. The van der Waals surface area contributed by atoms with E-state index in [2.05, 4.69) is 41.0 Å². The SMILES string of the molecule is OCc1cccc(/C=C/c2cccc(-n3cccc3)c2)c1. The lowest BCUT2D eigenvalue weighted by molar-refractivity contribution is 0.282. The molecule has 0 atom stereocenters. The van der Waals surface area contributed by atoms with Gasteiger partial charge in [-0.3, -0.25) is 0 Å². The van der Waals surface area contributed by atoms with Crippen molar-refractivity contribution in [1.29, 1.82) is 0 Å². The molecule has 3 rings (SSSR count). The minimum atomic E-state index is 0.0742. The summed E-state index contributed by atoms with van der Waals surface area (Å²) < 4.78 is 2.09. The van der Waals surface area contributed by atoms with Crippen LogP contribution < -0.4 is 0 Å². The maximum absolute atomic E-state index is 9.16. The standard InChI is InChI=1S/C19H17NO/c21-15-18-7-3-5-16(13-18)9-10-17-6-4-8-19(14-17)20-11-1-2-12-20/h1-14,21H,15H2/b10-9+. The Morgan fingerprint density at radius 1 is 0.810 bits per heavy atom. The summed E-state index contributed by atoms with van der Waals surface area (Å²) in [6.45, 7) is 0.0742. The first kappa shape index (κ1) is 13.4. The van der Waals surface area contributed by atoms with Crippen molar-refractivity contribution < 1.29 is 5.11 Å². The van der Waals surface area contributed by atoms with Crippen molar-refractivity contribution in [3.8, 4) is 5.69 Å². The first-order valence-corrected chi connectivity index (χ1v) is 6.96. The minimum Gasteiger partial charge on any atom is -0.392 e. The molecule has 0 amide bonds. The fourth-order valence-electron chi connectivity index (χ4n) is 2.28. The number of aromatic nitrogens is 1. The third-order valence-corrected chi connectivity index (χ3v) is 3.37. The van der Waals surface area contributed by atoms with Gasteiger partial charge < -0.3 is 9.67 Å². The Morgan fingerprint density at radius 2 is 1.48 bits per heavy atom. The van der Waals surface area contributed by atoms with Gasteiger partial charge >= 0.3 is 0 Å². The first-order chi connectivity index (χ1) is 10.3. The van der Waals surface area contributed by atoms with E-state index in [1.165, 1.54) is 0 Å². The summed E-state index contributed by atoms with van der Waals surface area (Å²) in [6, 6.07) is 20.3. The molecule has 0 aliphatic rings. The molecule has 1 aromatic heterocycles. The highest BCUT2D eigenvalue weighted by Gasteiger charge is 1.96. The zero-order valence-corrected chi connectivity index (χ0v) is 11.7. The highest BCUT2D eigenvalue weighted by molar-refractivity contribution is 5.70. The molecule has 2 aromatic carbocycles. The lowest BCUT2D eigenvalue weighted by Gasteiger charge is -2.04. The Hall–Kier alpha value is -2.58. The Bertz CT molecular complexity index is 742. The monoisotopic (exact) mass is 275 g/mol. The van der Waals surface area contributed by atoms with Crippen molar-refractivity contribution in [3.63, 3.8) is 0 Å². The highest BCUT2D eigenvalue weighted by Crippen LogP contribution is 2.14. The molecule has 2 heteroatoms. The summed E-state index contributed by atoms with van der Waals surface area (Å²) in [4.78, 5) is 0. The maximum Gasteiger partial charge on any atom is 0.0682 e. The van der Waals surface area contributed by atoms with Gasteiger partial charge in [0.25, 0.3) is 0 Å². The molecular formula is C19H17NO. The number of hydrogen-bond acceptors (Lipinski definition) is 1. The van der Waals surface area contributed by atoms with Crippen LogP contribution in [0.5, 0.6) is 0 Å². The molecule has 3 aromatic rings. The van der Waals surface area contributed by atoms with Crippen molar-refractivity contribution in [3.05, 3.63) is 89.7 Å². The van der Waals surface area contributed by atoms with Gasteiger partial charge in [0.15, 0.2) is 0 Å². The third kappa shape index (κ3) is 3.30. The van der Waals surface area contributed by atoms with Crippen LogP contribution in [0.1, 0.15) is 16.7 Å². The molecule has 0 saturated carbocycles. The summed E-state index contributed by atoms with van der Waals surface area (Å²) in [6.07, 6.45) is 8.22. The molecule has 0 aliphatic heterocycles. The number of rotatable bonds is 4. The zero-order chi connectivity index (χ0) is 14.5. The van der Waals surface area contributed by atoms with E-state index in [9.17, 15) is 0 Å². The summed E-state index contributed by atoms with van der Waals surface area (Å²) in [5.74, 6) is 0. The number of benzene rings is 2. The predicted molar refractivity (Wildman–Crippen MR) is 87.1 cm³/mol. The van der Waals surface area contributed by atoms with Crippen LogP contribution in [0.15, 0.2) is 73.1 Å². The van der Waals surface area contributed by atoms with Crippen LogP contribution in [0.3, 0.4) is 0 Å². The average Bonchev–Trinajstić information content (AvgIpc) is 3.08. The maximum atomic E-state index is 9.16. The largest absolute Gasteiger partial charge is 0.392 e. The second kappa shape index (κ2) is 6.25. The molecule has 21 heavy (non-hydrogen) atoms. The van der Waals surface area contributed by atoms with E-state index in [0.29, 0.717) is 0 Å². The Labute approximate surface area is 124 Å². The van der Waals surface area contributed by atoms with E-state index in [4.69, 9.17) is 5.11 Å². The van der Waals surface area contributed by atoms with Crippen molar-refractivity contribution >= 4 is 12.2 Å². The summed E-state index contributed by atoms with van der Waals surface area (Å²) in [5.41, 5.74) is 4.31. The minimum absolute atomic E-state index is 0.0742. The van der Waals surface area contributed by atoms with E-state index in [1.54, 1.807) is 0 Å². The lowest BCUT2D eigenvalue weighted by Crippen LogP contribution is -1.89. The molecule has 2 nitrogen and oxygen atoms in total. The topological polar surface area (TPSA) is 25.2 Å². The van der Waals surface area contributed by atoms with Crippen LogP contribution in [-0.4, -0.2) is 9.67 Å². The third-order valence-electron chi connectivity index (χ3n) is 3.37. The van der Waals surface area contributed by atoms with Gasteiger partial charge in [0.2, 0.25) is 0 Å². The number of hydrogen-bond donors (Lipinski definition) is 1. The highest BCUT2D eigenvalue weighted by atomic mass is 16.3.